The van der Waals surface area contributed by atoms with Gasteiger partial charge in [-0.1, -0.05) is 25.0 Å². The van der Waals surface area contributed by atoms with Crippen molar-refractivity contribution in [2.24, 2.45) is 0 Å². The summed E-state index contributed by atoms with van der Waals surface area (Å²) in [5, 5.41) is 0. The number of hydrogen-bond donors (Lipinski definition) is 0. The van der Waals surface area contributed by atoms with Crippen molar-refractivity contribution in [2.75, 3.05) is 14.2 Å². The molecule has 2 rings (SSSR count). The van der Waals surface area contributed by atoms with Gasteiger partial charge in [-0.3, -0.25) is 9.59 Å². The van der Waals surface area contributed by atoms with Gasteiger partial charge in [0, 0.05) is 25.0 Å². The Bertz CT molecular complexity index is 706. The van der Waals surface area contributed by atoms with Crippen LogP contribution in [0.1, 0.15) is 38.5 Å². The number of carbonyl (C=O) groups excluding carboxylic acids is 2. The number of methoxy groups -OCH3 is 2. The lowest BCUT2D eigenvalue weighted by molar-refractivity contribution is -0.135. The third-order valence-electron chi connectivity index (χ3n) is 4.06. The second-order valence-electron chi connectivity index (χ2n) is 6.22. The molecule has 0 heterocycles. The normalized spacial score (nSPS) is 10.2. The minimum absolute atomic E-state index is 0.273. The van der Waals surface area contributed by atoms with E-state index in [0.717, 1.165) is 12.8 Å². The van der Waals surface area contributed by atoms with Crippen LogP contribution in [0, 0.1) is 0 Å². The molecule has 0 saturated carbocycles. The molecule has 0 spiro atoms. The molecule has 0 aliphatic rings. The van der Waals surface area contributed by atoms with E-state index >= 15 is 0 Å². The molecule has 0 bridgehead atoms. The van der Waals surface area contributed by atoms with Crippen molar-refractivity contribution in [1.82, 2.24) is 0 Å². The van der Waals surface area contributed by atoms with Gasteiger partial charge in [0.25, 0.3) is 0 Å². The average Bonchev–Trinajstić information content (AvgIpc) is 2.70. The van der Waals surface area contributed by atoms with Crippen LogP contribution < -0.4 is 18.9 Å². The zero-order valence-electron chi connectivity index (χ0n) is 16.3. The number of rotatable bonds is 11. The summed E-state index contributed by atoms with van der Waals surface area (Å²) < 4.78 is 20.8. The summed E-state index contributed by atoms with van der Waals surface area (Å²) >= 11 is 0. The van der Waals surface area contributed by atoms with Crippen LogP contribution >= 0.6 is 0 Å². The predicted molar refractivity (Wildman–Crippen MR) is 105 cm³/mol. The Morgan fingerprint density at radius 3 is 1.43 bits per heavy atom. The van der Waals surface area contributed by atoms with Gasteiger partial charge in [0.05, 0.1) is 14.2 Å². The van der Waals surface area contributed by atoms with Gasteiger partial charge in [-0.15, -0.1) is 0 Å². The molecular weight excluding hydrogens is 360 g/mol. The van der Waals surface area contributed by atoms with Crippen LogP contribution in [0.25, 0.3) is 0 Å². The van der Waals surface area contributed by atoms with E-state index in [1.54, 1.807) is 62.8 Å². The highest BCUT2D eigenvalue weighted by atomic mass is 16.5. The van der Waals surface area contributed by atoms with E-state index in [-0.39, 0.29) is 11.9 Å². The second-order valence-corrected chi connectivity index (χ2v) is 6.22. The van der Waals surface area contributed by atoms with E-state index in [1.165, 1.54) is 0 Å². The summed E-state index contributed by atoms with van der Waals surface area (Å²) in [6.07, 6.45) is 3.80. The number of ether oxygens (including phenoxy) is 4. The van der Waals surface area contributed by atoms with Crippen molar-refractivity contribution in [1.29, 1.82) is 0 Å². The molecule has 0 amide bonds. The number of hydrogen-bond acceptors (Lipinski definition) is 6. The molecule has 0 fully saturated rings. The maximum Gasteiger partial charge on any atom is 0.311 e. The molecule has 0 unspecified atom stereocenters. The second kappa shape index (κ2) is 11.6. The molecule has 150 valence electrons. The molecular formula is C22H26O6. The standard InChI is InChI=1S/C22H26O6/c1-25-17-9-7-11-19(15-17)27-21(23)13-5-3-4-6-14-22(24)28-20-12-8-10-18(16-20)26-2/h7-12,15-16H,3-6,13-14H2,1-2H3. The molecule has 0 saturated heterocycles. The molecule has 0 aromatic heterocycles. The summed E-state index contributed by atoms with van der Waals surface area (Å²) in [4.78, 5) is 23.7. The summed E-state index contributed by atoms with van der Waals surface area (Å²) in [5.41, 5.74) is 0. The lowest BCUT2D eigenvalue weighted by Crippen LogP contribution is -2.08. The Morgan fingerprint density at radius 2 is 1.04 bits per heavy atom. The van der Waals surface area contributed by atoms with E-state index < -0.39 is 0 Å². The summed E-state index contributed by atoms with van der Waals surface area (Å²) in [6, 6.07) is 13.9. The van der Waals surface area contributed by atoms with Crippen LogP contribution in [0.2, 0.25) is 0 Å². The topological polar surface area (TPSA) is 71.1 Å². The Labute approximate surface area is 165 Å². The number of esters is 2. The molecule has 2 aromatic carbocycles. The third-order valence-corrected chi connectivity index (χ3v) is 4.06. The van der Waals surface area contributed by atoms with Gasteiger partial charge in [0.15, 0.2) is 0 Å². The average molecular weight is 386 g/mol. The van der Waals surface area contributed by atoms with Gasteiger partial charge >= 0.3 is 11.9 Å². The SMILES string of the molecule is COc1cccc(OC(=O)CCCCCCC(=O)Oc2cccc(OC)c2)c1. The van der Waals surface area contributed by atoms with Gasteiger partial charge in [-0.05, 0) is 37.1 Å². The lowest BCUT2D eigenvalue weighted by Gasteiger charge is -2.07. The molecule has 6 heteroatoms. The Balaban J connectivity index is 1.57. The van der Waals surface area contributed by atoms with Crippen molar-refractivity contribution in [3.63, 3.8) is 0 Å². The molecule has 2 aromatic rings. The van der Waals surface area contributed by atoms with Crippen LogP contribution in [0.15, 0.2) is 48.5 Å². The molecule has 6 nitrogen and oxygen atoms in total. The van der Waals surface area contributed by atoms with E-state index in [4.69, 9.17) is 18.9 Å². The van der Waals surface area contributed by atoms with Gasteiger partial charge in [-0.2, -0.15) is 0 Å². The molecule has 0 atom stereocenters. The summed E-state index contributed by atoms with van der Waals surface area (Å²) in [6.45, 7) is 0. The monoisotopic (exact) mass is 386 g/mol. The highest BCUT2D eigenvalue weighted by Gasteiger charge is 2.08. The molecule has 28 heavy (non-hydrogen) atoms. The minimum atomic E-state index is -0.273. The van der Waals surface area contributed by atoms with Gasteiger partial charge in [0.2, 0.25) is 0 Å². The van der Waals surface area contributed by atoms with Crippen LogP contribution in [-0.2, 0) is 9.59 Å². The Hall–Kier alpha value is -3.02. The van der Waals surface area contributed by atoms with Crippen molar-refractivity contribution >= 4 is 11.9 Å². The Morgan fingerprint density at radius 1 is 0.643 bits per heavy atom. The first-order valence-electron chi connectivity index (χ1n) is 9.30. The molecule has 0 aliphatic carbocycles. The minimum Gasteiger partial charge on any atom is -0.497 e. The summed E-state index contributed by atoms with van der Waals surface area (Å²) in [7, 11) is 3.13. The van der Waals surface area contributed by atoms with Gasteiger partial charge < -0.3 is 18.9 Å². The van der Waals surface area contributed by atoms with Crippen molar-refractivity contribution < 1.29 is 28.5 Å². The van der Waals surface area contributed by atoms with Crippen molar-refractivity contribution in [2.45, 2.75) is 38.5 Å². The van der Waals surface area contributed by atoms with E-state index in [1.807, 2.05) is 0 Å². The van der Waals surface area contributed by atoms with E-state index in [9.17, 15) is 9.59 Å². The molecule has 0 aliphatic heterocycles. The van der Waals surface area contributed by atoms with Crippen molar-refractivity contribution in [3.05, 3.63) is 48.5 Å². The smallest absolute Gasteiger partial charge is 0.311 e. The molecule has 0 radical (unpaired) electrons. The maximum atomic E-state index is 11.9. The summed E-state index contributed by atoms with van der Waals surface area (Å²) in [5.74, 6) is 1.70. The van der Waals surface area contributed by atoms with Crippen LogP contribution in [0.3, 0.4) is 0 Å². The van der Waals surface area contributed by atoms with Crippen LogP contribution in [0.4, 0.5) is 0 Å². The zero-order chi connectivity index (χ0) is 20.2. The fourth-order valence-corrected chi connectivity index (χ4v) is 2.59. The molecule has 0 N–H and O–H groups in total. The van der Waals surface area contributed by atoms with E-state index in [0.29, 0.717) is 48.7 Å². The number of benzene rings is 2. The quantitative estimate of drug-likeness (QED) is 0.320. The largest absolute Gasteiger partial charge is 0.497 e. The lowest BCUT2D eigenvalue weighted by atomic mass is 10.1. The fourth-order valence-electron chi connectivity index (χ4n) is 2.59. The third kappa shape index (κ3) is 7.70. The van der Waals surface area contributed by atoms with Crippen molar-refractivity contribution in [3.8, 4) is 23.0 Å². The number of unbranched alkanes of at least 4 members (excludes halogenated alkanes) is 3. The van der Waals surface area contributed by atoms with Gasteiger partial charge in [-0.25, -0.2) is 0 Å². The fraction of sp³-hybridized carbons (Fsp3) is 0.364. The Kier molecular flexibility index (Phi) is 8.85. The first kappa shape index (κ1) is 21.3. The van der Waals surface area contributed by atoms with Gasteiger partial charge in [0.1, 0.15) is 23.0 Å². The number of carbonyl (C=O) groups is 2. The van der Waals surface area contributed by atoms with Crippen LogP contribution in [0.5, 0.6) is 23.0 Å². The first-order chi connectivity index (χ1) is 13.6. The van der Waals surface area contributed by atoms with E-state index in [2.05, 4.69) is 0 Å². The predicted octanol–water partition coefficient (Wildman–Crippen LogP) is 4.56. The zero-order valence-corrected chi connectivity index (χ0v) is 16.3. The first-order valence-corrected chi connectivity index (χ1v) is 9.30. The maximum absolute atomic E-state index is 11.9. The van der Waals surface area contributed by atoms with Crippen LogP contribution in [-0.4, -0.2) is 26.2 Å². The highest BCUT2D eigenvalue weighted by molar-refractivity contribution is 5.73. The highest BCUT2D eigenvalue weighted by Crippen LogP contribution is 2.21.